The number of amides is 1. The Morgan fingerprint density at radius 1 is 1.26 bits per heavy atom. The molecule has 0 spiro atoms. The van der Waals surface area contributed by atoms with Crippen molar-refractivity contribution in [2.45, 2.75) is 32.6 Å². The molecule has 6 heteroatoms. The number of nitrogens with one attached hydrogen (secondary N) is 1. The largest absolute Gasteiger partial charge is 0.489 e. The van der Waals surface area contributed by atoms with Crippen LogP contribution in [0.2, 0.25) is 5.02 Å². The maximum Gasteiger partial charge on any atom is 0.251 e. The predicted molar refractivity (Wildman–Crippen MR) is 89.7 cm³/mol. The van der Waals surface area contributed by atoms with Gasteiger partial charge in [0.25, 0.3) is 5.91 Å². The van der Waals surface area contributed by atoms with Crippen molar-refractivity contribution in [3.63, 3.8) is 0 Å². The molecule has 1 aliphatic rings. The molecule has 1 aromatic rings. The van der Waals surface area contributed by atoms with E-state index in [0.29, 0.717) is 48.5 Å². The molecule has 0 atom stereocenters. The first-order valence-corrected chi connectivity index (χ1v) is 8.55. The summed E-state index contributed by atoms with van der Waals surface area (Å²) >= 11 is 6.19. The molecular weight excluding hydrogens is 318 g/mol. The highest BCUT2D eigenvalue weighted by atomic mass is 35.5. The molecule has 1 amide bonds. The van der Waals surface area contributed by atoms with E-state index >= 15 is 0 Å². The van der Waals surface area contributed by atoms with E-state index in [0.717, 1.165) is 32.3 Å². The van der Waals surface area contributed by atoms with Crippen molar-refractivity contribution in [1.82, 2.24) is 5.32 Å². The first-order valence-electron chi connectivity index (χ1n) is 8.17. The Hall–Kier alpha value is -1.46. The molecule has 0 saturated heterocycles. The van der Waals surface area contributed by atoms with E-state index in [-0.39, 0.29) is 5.91 Å². The van der Waals surface area contributed by atoms with Gasteiger partial charge in [-0.25, -0.2) is 0 Å². The van der Waals surface area contributed by atoms with Crippen molar-refractivity contribution in [3.05, 3.63) is 22.7 Å². The molecular formula is C17H24ClNO4. The molecule has 23 heavy (non-hydrogen) atoms. The molecule has 0 fully saturated rings. The molecule has 0 saturated carbocycles. The maximum absolute atomic E-state index is 12.2. The van der Waals surface area contributed by atoms with E-state index in [1.807, 2.05) is 0 Å². The Bertz CT molecular complexity index is 522. The Kier molecular flexibility index (Phi) is 7.49. The van der Waals surface area contributed by atoms with Crippen LogP contribution in [0, 0.1) is 0 Å². The molecule has 1 N–H and O–H groups in total. The van der Waals surface area contributed by atoms with Gasteiger partial charge in [0, 0.05) is 31.7 Å². The quantitative estimate of drug-likeness (QED) is 0.736. The molecule has 0 radical (unpaired) electrons. The van der Waals surface area contributed by atoms with Crippen LogP contribution in [0.4, 0.5) is 0 Å². The first kappa shape index (κ1) is 17.9. The third-order valence-electron chi connectivity index (χ3n) is 3.46. The number of carbonyl (C=O) groups excluding carboxylic acids is 1. The Morgan fingerprint density at radius 2 is 2.04 bits per heavy atom. The summed E-state index contributed by atoms with van der Waals surface area (Å²) in [6.07, 6.45) is 3.78. The van der Waals surface area contributed by atoms with Crippen molar-refractivity contribution < 1.29 is 19.0 Å². The number of ether oxygens (including phenoxy) is 3. The highest BCUT2D eigenvalue weighted by molar-refractivity contribution is 6.32. The lowest BCUT2D eigenvalue weighted by molar-refractivity contribution is 0.0940. The molecule has 0 aliphatic carbocycles. The number of hydrogen-bond acceptors (Lipinski definition) is 4. The summed E-state index contributed by atoms with van der Waals surface area (Å²) in [5.41, 5.74) is 0.478. The van der Waals surface area contributed by atoms with Gasteiger partial charge >= 0.3 is 0 Å². The third-order valence-corrected chi connectivity index (χ3v) is 3.74. The molecule has 1 aromatic carbocycles. The van der Waals surface area contributed by atoms with Gasteiger partial charge in [-0.2, -0.15) is 0 Å². The minimum absolute atomic E-state index is 0.170. The van der Waals surface area contributed by atoms with Crippen LogP contribution in [0.1, 0.15) is 43.0 Å². The fourth-order valence-electron chi connectivity index (χ4n) is 2.19. The average Bonchev–Trinajstić information content (AvgIpc) is 2.79. The van der Waals surface area contributed by atoms with Gasteiger partial charge in [0.1, 0.15) is 0 Å². The molecule has 5 nitrogen and oxygen atoms in total. The van der Waals surface area contributed by atoms with Gasteiger partial charge < -0.3 is 19.5 Å². The van der Waals surface area contributed by atoms with E-state index in [9.17, 15) is 4.79 Å². The summed E-state index contributed by atoms with van der Waals surface area (Å²) in [6, 6.07) is 3.29. The minimum Gasteiger partial charge on any atom is -0.489 e. The Morgan fingerprint density at radius 3 is 2.87 bits per heavy atom. The van der Waals surface area contributed by atoms with E-state index in [2.05, 4.69) is 12.2 Å². The SMILES string of the molecule is CCCCOCCCNC(=O)c1cc(Cl)c2c(c1)OCCCO2. The zero-order chi connectivity index (χ0) is 16.5. The van der Waals surface area contributed by atoms with E-state index in [1.165, 1.54) is 0 Å². The van der Waals surface area contributed by atoms with Crippen molar-refractivity contribution in [1.29, 1.82) is 0 Å². The zero-order valence-electron chi connectivity index (χ0n) is 13.5. The van der Waals surface area contributed by atoms with Gasteiger partial charge in [-0.1, -0.05) is 24.9 Å². The first-order chi connectivity index (χ1) is 11.2. The predicted octanol–water partition coefficient (Wildman–Crippen LogP) is 3.44. The summed E-state index contributed by atoms with van der Waals surface area (Å²) in [6.45, 7) is 5.26. The van der Waals surface area contributed by atoms with Crippen molar-refractivity contribution in [2.75, 3.05) is 33.0 Å². The van der Waals surface area contributed by atoms with Gasteiger partial charge in [-0.05, 0) is 25.0 Å². The van der Waals surface area contributed by atoms with Gasteiger partial charge in [0.15, 0.2) is 11.5 Å². The Labute approximate surface area is 142 Å². The number of hydrogen-bond donors (Lipinski definition) is 1. The smallest absolute Gasteiger partial charge is 0.251 e. The molecule has 1 heterocycles. The molecule has 0 unspecified atom stereocenters. The van der Waals surface area contributed by atoms with Crippen LogP contribution in [-0.4, -0.2) is 38.9 Å². The van der Waals surface area contributed by atoms with Crippen LogP contribution in [0.3, 0.4) is 0 Å². The van der Waals surface area contributed by atoms with Crippen LogP contribution >= 0.6 is 11.6 Å². The summed E-state index contributed by atoms with van der Waals surface area (Å²) in [5, 5.41) is 3.27. The van der Waals surface area contributed by atoms with Crippen LogP contribution in [0.15, 0.2) is 12.1 Å². The number of unbranched alkanes of at least 4 members (excludes halogenated alkanes) is 1. The molecule has 2 rings (SSSR count). The van der Waals surface area contributed by atoms with Gasteiger partial charge in [0.05, 0.1) is 18.2 Å². The third kappa shape index (κ3) is 5.59. The van der Waals surface area contributed by atoms with Crippen LogP contribution in [0.5, 0.6) is 11.5 Å². The molecule has 0 aromatic heterocycles. The Balaban J connectivity index is 1.83. The van der Waals surface area contributed by atoms with Crippen LogP contribution < -0.4 is 14.8 Å². The summed E-state index contributed by atoms with van der Waals surface area (Å²) in [4.78, 5) is 12.2. The van der Waals surface area contributed by atoms with Gasteiger partial charge in [-0.3, -0.25) is 4.79 Å². The van der Waals surface area contributed by atoms with Gasteiger partial charge in [0.2, 0.25) is 0 Å². The van der Waals surface area contributed by atoms with E-state index in [4.69, 9.17) is 25.8 Å². The number of fused-ring (bicyclic) bond motifs is 1. The molecule has 0 bridgehead atoms. The summed E-state index contributed by atoms with van der Waals surface area (Å²) < 4.78 is 16.6. The lowest BCUT2D eigenvalue weighted by Gasteiger charge is -2.12. The highest BCUT2D eigenvalue weighted by Gasteiger charge is 2.18. The maximum atomic E-state index is 12.2. The van der Waals surface area contributed by atoms with Crippen molar-refractivity contribution >= 4 is 17.5 Å². The topological polar surface area (TPSA) is 56.8 Å². The fraction of sp³-hybridized carbons (Fsp3) is 0.588. The second kappa shape index (κ2) is 9.63. The molecule has 1 aliphatic heterocycles. The normalized spacial score (nSPS) is 13.5. The average molecular weight is 342 g/mol. The number of halogens is 1. The zero-order valence-corrected chi connectivity index (χ0v) is 14.3. The number of benzene rings is 1. The standard InChI is InChI=1S/C17H24ClNO4/c1-2-3-7-21-8-4-6-19-17(20)13-11-14(18)16-15(12-13)22-9-5-10-23-16/h11-12H,2-10H2,1H3,(H,19,20). The van der Waals surface area contributed by atoms with Gasteiger partial charge in [-0.15, -0.1) is 0 Å². The minimum atomic E-state index is -0.170. The van der Waals surface area contributed by atoms with Crippen molar-refractivity contribution in [2.24, 2.45) is 0 Å². The number of rotatable bonds is 8. The highest BCUT2D eigenvalue weighted by Crippen LogP contribution is 2.37. The van der Waals surface area contributed by atoms with Crippen LogP contribution in [0.25, 0.3) is 0 Å². The van der Waals surface area contributed by atoms with Crippen molar-refractivity contribution in [3.8, 4) is 11.5 Å². The second-order valence-corrected chi connectivity index (χ2v) is 5.82. The fourth-order valence-corrected chi connectivity index (χ4v) is 2.45. The van der Waals surface area contributed by atoms with E-state index < -0.39 is 0 Å². The lowest BCUT2D eigenvalue weighted by atomic mass is 10.2. The van der Waals surface area contributed by atoms with Crippen LogP contribution in [-0.2, 0) is 4.74 Å². The monoisotopic (exact) mass is 341 g/mol. The lowest BCUT2D eigenvalue weighted by Crippen LogP contribution is -2.25. The number of carbonyl (C=O) groups is 1. The summed E-state index contributed by atoms with van der Waals surface area (Å²) in [7, 11) is 0. The van der Waals surface area contributed by atoms with E-state index in [1.54, 1.807) is 12.1 Å². The summed E-state index contributed by atoms with van der Waals surface area (Å²) in [5.74, 6) is 0.879. The molecule has 128 valence electrons. The second-order valence-electron chi connectivity index (χ2n) is 5.41.